The number of anilines is 1. The Morgan fingerprint density at radius 2 is 1.81 bits per heavy atom. The second-order valence-electron chi connectivity index (χ2n) is 13.4. The Hall–Kier alpha value is -4.25. The lowest BCUT2D eigenvalue weighted by Crippen LogP contribution is -2.32. The van der Waals surface area contributed by atoms with Crippen LogP contribution in [0.25, 0.3) is 0 Å². The number of aromatic nitrogens is 2. The molecule has 1 aliphatic carbocycles. The first kappa shape index (κ1) is 35.1. The lowest BCUT2D eigenvalue weighted by molar-refractivity contribution is 0.00552. The molecular formula is C41H50N3O4-. The third-order valence-corrected chi connectivity index (χ3v) is 9.79. The first-order chi connectivity index (χ1) is 23.4. The average molecular weight is 649 g/mol. The number of aryl methyl sites for hydroxylation is 1. The monoisotopic (exact) mass is 648 g/mol. The summed E-state index contributed by atoms with van der Waals surface area (Å²) in [6.45, 7) is 2.68. The van der Waals surface area contributed by atoms with E-state index < -0.39 is 12.2 Å². The number of ether oxygens (including phenoxy) is 1. The second-order valence-corrected chi connectivity index (χ2v) is 13.4. The molecule has 1 aliphatic rings. The average Bonchev–Trinajstić information content (AvgIpc) is 3.61. The SMILES string of the molecule is CC(Cc1ccccc1)C1C#CCC(C(O)CCc2ccc(O)c(OCCC(Cc3ccc[n-]3)c3ccnc(N)c3)c2)C(O)CCCC1. The van der Waals surface area contributed by atoms with Crippen LogP contribution in [0.4, 0.5) is 5.82 Å². The van der Waals surface area contributed by atoms with Crippen molar-refractivity contribution in [3.63, 3.8) is 0 Å². The normalized spacial score (nSPS) is 20.2. The molecule has 0 saturated carbocycles. The van der Waals surface area contributed by atoms with E-state index in [1.54, 1.807) is 18.5 Å². The van der Waals surface area contributed by atoms with Gasteiger partial charge in [-0.1, -0.05) is 74.2 Å². The van der Waals surface area contributed by atoms with Gasteiger partial charge in [-0.25, -0.2) is 4.98 Å². The Kier molecular flexibility index (Phi) is 13.0. The molecule has 0 saturated heterocycles. The predicted molar refractivity (Wildman–Crippen MR) is 191 cm³/mol. The van der Waals surface area contributed by atoms with Gasteiger partial charge in [-0.05, 0) is 97.7 Å². The van der Waals surface area contributed by atoms with Crippen LogP contribution < -0.4 is 15.5 Å². The lowest BCUT2D eigenvalue weighted by atomic mass is 9.82. The topological polar surface area (TPSA) is 123 Å². The number of aliphatic hydroxyl groups excluding tert-OH is 2. The molecule has 5 N–H and O–H groups in total. The minimum Gasteiger partial charge on any atom is -0.668 e. The molecule has 6 unspecified atom stereocenters. The summed E-state index contributed by atoms with van der Waals surface area (Å²) in [6, 6.07) is 23.7. The number of rotatable bonds is 14. The maximum absolute atomic E-state index is 11.3. The van der Waals surface area contributed by atoms with E-state index in [1.165, 1.54) is 5.56 Å². The predicted octanol–water partition coefficient (Wildman–Crippen LogP) is 6.86. The van der Waals surface area contributed by atoms with Crippen LogP contribution in [0.2, 0.25) is 0 Å². The number of nitrogens with zero attached hydrogens (tertiary/aromatic N) is 2. The molecule has 5 rings (SSSR count). The number of hydrogen-bond donors (Lipinski definition) is 4. The third-order valence-electron chi connectivity index (χ3n) is 9.79. The fourth-order valence-corrected chi connectivity index (χ4v) is 6.88. The van der Waals surface area contributed by atoms with Crippen LogP contribution >= 0.6 is 0 Å². The molecular weight excluding hydrogens is 598 g/mol. The van der Waals surface area contributed by atoms with E-state index in [0.29, 0.717) is 62.1 Å². The molecule has 48 heavy (non-hydrogen) atoms. The van der Waals surface area contributed by atoms with Crippen LogP contribution in [0.15, 0.2) is 85.2 Å². The highest BCUT2D eigenvalue weighted by atomic mass is 16.5. The van der Waals surface area contributed by atoms with Gasteiger partial charge in [-0.15, -0.1) is 5.92 Å². The van der Waals surface area contributed by atoms with Crippen molar-refractivity contribution in [2.45, 2.75) is 89.3 Å². The number of benzene rings is 2. The van der Waals surface area contributed by atoms with E-state index >= 15 is 0 Å². The van der Waals surface area contributed by atoms with Gasteiger partial charge in [0.25, 0.3) is 0 Å². The van der Waals surface area contributed by atoms with Crippen molar-refractivity contribution in [2.24, 2.45) is 17.8 Å². The van der Waals surface area contributed by atoms with Crippen molar-refractivity contribution in [1.29, 1.82) is 0 Å². The quantitative estimate of drug-likeness (QED) is 0.110. The number of aliphatic hydroxyl groups is 2. The van der Waals surface area contributed by atoms with Crippen molar-refractivity contribution in [1.82, 2.24) is 9.97 Å². The van der Waals surface area contributed by atoms with Gasteiger partial charge in [0.15, 0.2) is 11.5 Å². The fraction of sp³-hybridized carbons (Fsp3) is 0.439. The highest BCUT2D eigenvalue weighted by Crippen LogP contribution is 2.31. The molecule has 2 heterocycles. The van der Waals surface area contributed by atoms with Crippen molar-refractivity contribution >= 4 is 5.82 Å². The Morgan fingerprint density at radius 3 is 2.60 bits per heavy atom. The molecule has 0 fully saturated rings. The molecule has 6 atom stereocenters. The molecule has 0 aliphatic heterocycles. The van der Waals surface area contributed by atoms with Gasteiger partial charge in [0.1, 0.15) is 5.82 Å². The minimum atomic E-state index is -0.689. The van der Waals surface area contributed by atoms with E-state index in [1.807, 2.05) is 42.5 Å². The van der Waals surface area contributed by atoms with Crippen LogP contribution in [-0.4, -0.2) is 39.1 Å². The standard InChI is InChI=1S/C41H50N3O4/c1-29(25-30-9-3-2-4-10-30)32-11-5-6-15-37(45)36(14-7-12-32)38(46)18-16-31-17-19-39(47)40(26-31)48-24-21-34(27-35-13-8-22-43-35)33-20-23-44-41(42)28-33/h2-4,8-10,13,17,19-20,22-23,26,28-29,32,34,36-38,45-47H,5-6,11,14-16,18,21,24-25,27H2,1H3,(H2,42,44)/q-1. The van der Waals surface area contributed by atoms with Crippen LogP contribution in [0.3, 0.4) is 0 Å². The van der Waals surface area contributed by atoms with Gasteiger partial charge in [0.2, 0.25) is 0 Å². The zero-order valence-electron chi connectivity index (χ0n) is 28.0. The minimum absolute atomic E-state index is 0.0794. The first-order valence-corrected chi connectivity index (χ1v) is 17.5. The zero-order chi connectivity index (χ0) is 33.7. The maximum Gasteiger partial charge on any atom is 0.161 e. The highest BCUT2D eigenvalue weighted by Gasteiger charge is 2.27. The van der Waals surface area contributed by atoms with Crippen LogP contribution in [0.1, 0.15) is 80.2 Å². The summed E-state index contributed by atoms with van der Waals surface area (Å²) in [7, 11) is 0. The number of nitrogens with two attached hydrogens (primary N) is 1. The number of phenols is 1. The van der Waals surface area contributed by atoms with Gasteiger partial charge in [0.05, 0.1) is 18.8 Å². The molecule has 0 amide bonds. The van der Waals surface area contributed by atoms with E-state index in [0.717, 1.165) is 48.9 Å². The summed E-state index contributed by atoms with van der Waals surface area (Å²) in [6.07, 6.45) is 9.90. The molecule has 0 spiro atoms. The Labute approximate surface area is 285 Å². The number of nitrogen functional groups attached to an aromatic ring is 1. The fourth-order valence-electron chi connectivity index (χ4n) is 6.88. The molecule has 254 valence electrons. The van der Waals surface area contributed by atoms with Gasteiger partial charge in [0, 0.05) is 24.5 Å². The largest absolute Gasteiger partial charge is 0.668 e. The molecule has 2 aromatic heterocycles. The molecule has 0 radical (unpaired) electrons. The molecule has 2 aromatic carbocycles. The van der Waals surface area contributed by atoms with E-state index in [9.17, 15) is 15.3 Å². The van der Waals surface area contributed by atoms with Gasteiger partial charge >= 0.3 is 0 Å². The van der Waals surface area contributed by atoms with Gasteiger partial charge in [-0.3, -0.25) is 0 Å². The summed E-state index contributed by atoms with van der Waals surface area (Å²) >= 11 is 0. The van der Waals surface area contributed by atoms with E-state index in [-0.39, 0.29) is 17.6 Å². The third kappa shape index (κ3) is 10.4. The van der Waals surface area contributed by atoms with Crippen molar-refractivity contribution < 1.29 is 20.1 Å². The maximum atomic E-state index is 11.3. The number of hydrogen-bond acceptors (Lipinski definition) is 6. The Balaban J connectivity index is 1.17. The second kappa shape index (κ2) is 17.8. The molecule has 7 nitrogen and oxygen atoms in total. The van der Waals surface area contributed by atoms with E-state index in [2.05, 4.69) is 53.0 Å². The summed E-state index contributed by atoms with van der Waals surface area (Å²) in [5, 5.41) is 32.9. The van der Waals surface area contributed by atoms with Crippen molar-refractivity contribution in [3.8, 4) is 23.3 Å². The number of aromatic hydroxyl groups is 1. The molecule has 7 heteroatoms. The smallest absolute Gasteiger partial charge is 0.161 e. The number of pyridine rings is 1. The van der Waals surface area contributed by atoms with Gasteiger partial charge < -0.3 is 30.8 Å². The lowest BCUT2D eigenvalue weighted by Gasteiger charge is -2.28. The van der Waals surface area contributed by atoms with Crippen molar-refractivity contribution in [2.75, 3.05) is 12.3 Å². The van der Waals surface area contributed by atoms with E-state index in [4.69, 9.17) is 10.5 Å². The number of phenolic OH excluding ortho intramolecular Hbond substituents is 1. The zero-order valence-corrected chi connectivity index (χ0v) is 28.0. The molecule has 0 bridgehead atoms. The van der Waals surface area contributed by atoms with Crippen molar-refractivity contribution in [3.05, 3.63) is 108 Å². The van der Waals surface area contributed by atoms with Crippen LogP contribution in [-0.2, 0) is 19.3 Å². The Bertz CT molecular complexity index is 1600. The Morgan fingerprint density at radius 1 is 0.979 bits per heavy atom. The molecule has 4 aromatic rings. The summed E-state index contributed by atoms with van der Waals surface area (Å²) in [4.78, 5) is 8.57. The summed E-state index contributed by atoms with van der Waals surface area (Å²) in [5.74, 6) is 8.44. The summed E-state index contributed by atoms with van der Waals surface area (Å²) in [5.41, 5.74) is 10.3. The first-order valence-electron chi connectivity index (χ1n) is 17.5. The van der Waals surface area contributed by atoms with Crippen LogP contribution in [0.5, 0.6) is 11.5 Å². The summed E-state index contributed by atoms with van der Waals surface area (Å²) < 4.78 is 6.10. The highest BCUT2D eigenvalue weighted by molar-refractivity contribution is 5.42. The van der Waals surface area contributed by atoms with Gasteiger partial charge in [-0.2, -0.15) is 11.9 Å². The van der Waals surface area contributed by atoms with Crippen LogP contribution in [0, 0.1) is 29.6 Å².